The third-order valence-corrected chi connectivity index (χ3v) is 4.35. The predicted octanol–water partition coefficient (Wildman–Crippen LogP) is 3.00. The zero-order valence-electron chi connectivity index (χ0n) is 12.2. The number of methoxy groups -OCH3 is 1. The first-order valence-electron chi connectivity index (χ1n) is 6.68. The van der Waals surface area contributed by atoms with Crippen LogP contribution in [0.5, 0.6) is 5.75 Å². The molecule has 0 saturated heterocycles. The van der Waals surface area contributed by atoms with Crippen molar-refractivity contribution in [1.29, 1.82) is 0 Å². The van der Waals surface area contributed by atoms with Crippen LogP contribution in [0.15, 0.2) is 18.2 Å². The number of nitrogens with zero attached hydrogens (tertiary/aromatic N) is 1. The quantitative estimate of drug-likeness (QED) is 0.416. The monoisotopic (exact) mass is 423 g/mol. The highest BCUT2D eigenvalue weighted by atomic mass is 127. The van der Waals surface area contributed by atoms with E-state index in [0.29, 0.717) is 13.0 Å². The van der Waals surface area contributed by atoms with Gasteiger partial charge in [0, 0.05) is 26.3 Å². The van der Waals surface area contributed by atoms with Crippen LogP contribution in [0.4, 0.5) is 8.78 Å². The van der Waals surface area contributed by atoms with Crippen molar-refractivity contribution in [2.75, 3.05) is 27.4 Å². The first-order valence-corrected chi connectivity index (χ1v) is 7.93. The van der Waals surface area contributed by atoms with Gasteiger partial charge in [0.25, 0.3) is 0 Å². The number of allylic oxidation sites excluding steroid dienone is 1. The Labute approximate surface area is 141 Å². The van der Waals surface area contributed by atoms with E-state index in [-0.39, 0.29) is 33.4 Å². The summed E-state index contributed by atoms with van der Waals surface area (Å²) in [4.78, 5) is 13.3. The number of carbonyl (C=O) groups is 1. The summed E-state index contributed by atoms with van der Waals surface area (Å²) in [6.45, 7) is 0.525. The van der Waals surface area contributed by atoms with Crippen molar-refractivity contribution in [3.05, 3.63) is 35.4 Å². The van der Waals surface area contributed by atoms with Crippen molar-refractivity contribution in [3.8, 4) is 5.75 Å². The molecule has 4 nitrogen and oxygen atoms in total. The van der Waals surface area contributed by atoms with Crippen LogP contribution in [0.1, 0.15) is 12.0 Å². The van der Waals surface area contributed by atoms with Crippen LogP contribution in [0.25, 0.3) is 5.70 Å². The average molecular weight is 423 g/mol. The van der Waals surface area contributed by atoms with Crippen molar-refractivity contribution in [1.82, 2.24) is 4.90 Å². The Balaban J connectivity index is 2.30. The van der Waals surface area contributed by atoms with Crippen molar-refractivity contribution in [2.45, 2.75) is 10.3 Å². The summed E-state index contributed by atoms with van der Waals surface area (Å²) < 4.78 is 38.3. The largest absolute Gasteiger partial charge is 0.491 e. The molecule has 1 heterocycles. The Morgan fingerprint density at radius 2 is 1.95 bits per heavy atom. The summed E-state index contributed by atoms with van der Waals surface area (Å²) in [6.07, 6.45) is 2.12. The summed E-state index contributed by atoms with van der Waals surface area (Å²) in [6, 6.07) is 2.23. The van der Waals surface area contributed by atoms with Crippen molar-refractivity contribution in [3.63, 3.8) is 0 Å². The molecule has 2 rings (SSSR count). The van der Waals surface area contributed by atoms with Crippen LogP contribution in [0, 0.1) is 11.6 Å². The number of hydrogen-bond donors (Lipinski definition) is 0. The van der Waals surface area contributed by atoms with Gasteiger partial charge in [-0.05, 0) is 6.42 Å². The van der Waals surface area contributed by atoms with Crippen LogP contribution in [0.2, 0.25) is 0 Å². The van der Waals surface area contributed by atoms with E-state index in [1.54, 1.807) is 6.08 Å². The molecule has 1 amide bonds. The van der Waals surface area contributed by atoms with Gasteiger partial charge in [-0.15, -0.1) is 0 Å². The van der Waals surface area contributed by atoms with Gasteiger partial charge >= 0.3 is 0 Å². The van der Waals surface area contributed by atoms with Crippen LogP contribution in [-0.4, -0.2) is 42.1 Å². The Kier molecular flexibility index (Phi) is 5.74. The number of hydrogen-bond acceptors (Lipinski definition) is 3. The topological polar surface area (TPSA) is 38.8 Å². The minimum absolute atomic E-state index is 0.0907. The maximum Gasteiger partial charge on any atom is 0.240 e. The molecule has 0 aliphatic carbocycles. The Morgan fingerprint density at radius 3 is 2.55 bits per heavy atom. The number of benzene rings is 1. The number of ether oxygens (including phenoxy) is 2. The maximum absolute atomic E-state index is 14.3. The third kappa shape index (κ3) is 3.57. The molecule has 0 saturated carbocycles. The lowest BCUT2D eigenvalue weighted by Crippen LogP contribution is -2.35. The summed E-state index contributed by atoms with van der Waals surface area (Å²) in [5, 5.41) is 0. The number of rotatable bonds is 5. The van der Waals surface area contributed by atoms with Gasteiger partial charge in [0.15, 0.2) is 0 Å². The van der Waals surface area contributed by atoms with E-state index in [2.05, 4.69) is 0 Å². The fourth-order valence-electron chi connectivity index (χ4n) is 2.17. The second-order valence-corrected chi connectivity index (χ2v) is 6.30. The minimum Gasteiger partial charge on any atom is -0.491 e. The van der Waals surface area contributed by atoms with Gasteiger partial charge in [0.1, 0.15) is 24.0 Å². The van der Waals surface area contributed by atoms with E-state index in [0.717, 1.165) is 12.1 Å². The fourth-order valence-corrected chi connectivity index (χ4v) is 2.84. The van der Waals surface area contributed by atoms with Gasteiger partial charge in [-0.25, -0.2) is 8.78 Å². The van der Waals surface area contributed by atoms with Crippen molar-refractivity contribution >= 4 is 34.2 Å². The molecule has 0 bridgehead atoms. The summed E-state index contributed by atoms with van der Waals surface area (Å²) in [7, 11) is 3.03. The molecule has 1 aliphatic heterocycles. The lowest BCUT2D eigenvalue weighted by Gasteiger charge is -2.28. The Bertz CT molecular complexity index is 583. The molecule has 0 fully saturated rings. The van der Waals surface area contributed by atoms with Crippen LogP contribution in [0.3, 0.4) is 0 Å². The highest BCUT2D eigenvalue weighted by Gasteiger charge is 2.29. The van der Waals surface area contributed by atoms with E-state index in [4.69, 9.17) is 9.47 Å². The van der Waals surface area contributed by atoms with Gasteiger partial charge in [-0.2, -0.15) is 0 Å². The van der Waals surface area contributed by atoms with E-state index in [9.17, 15) is 13.6 Å². The standard InChI is InChI=1S/C15H16F2INO3/c1-19-13(4-3-12(18)15(19)20)14-10(16)7-9(8-11(14)17)22-6-5-21-2/h4,7-8,12H,3,5-6H2,1-2H3. The maximum atomic E-state index is 14.3. The van der Waals surface area contributed by atoms with E-state index in [1.807, 2.05) is 22.6 Å². The predicted molar refractivity (Wildman–Crippen MR) is 86.9 cm³/mol. The van der Waals surface area contributed by atoms with Crippen LogP contribution >= 0.6 is 22.6 Å². The van der Waals surface area contributed by atoms with Gasteiger partial charge in [-0.3, -0.25) is 4.79 Å². The Morgan fingerprint density at radius 1 is 1.32 bits per heavy atom. The molecular formula is C15H16F2INO3. The molecule has 120 valence electrons. The van der Waals surface area contributed by atoms with Gasteiger partial charge in [-0.1, -0.05) is 28.7 Å². The minimum atomic E-state index is -0.759. The molecule has 1 aromatic carbocycles. The number of amides is 1. The molecule has 1 atom stereocenters. The molecule has 1 unspecified atom stereocenters. The molecule has 22 heavy (non-hydrogen) atoms. The lowest BCUT2D eigenvalue weighted by molar-refractivity contribution is -0.126. The van der Waals surface area contributed by atoms with Crippen LogP contribution < -0.4 is 4.74 Å². The van der Waals surface area contributed by atoms with Crippen molar-refractivity contribution < 1.29 is 23.0 Å². The molecule has 7 heteroatoms. The first kappa shape index (κ1) is 17.1. The zero-order valence-corrected chi connectivity index (χ0v) is 14.4. The highest BCUT2D eigenvalue weighted by Crippen LogP contribution is 2.32. The highest BCUT2D eigenvalue weighted by molar-refractivity contribution is 14.1. The fraction of sp³-hybridized carbons (Fsp3) is 0.400. The Hall–Kier alpha value is -1.22. The van der Waals surface area contributed by atoms with Crippen molar-refractivity contribution in [2.24, 2.45) is 0 Å². The summed E-state index contributed by atoms with van der Waals surface area (Å²) in [5.41, 5.74) is 0.0367. The number of carbonyl (C=O) groups excluding carboxylic acids is 1. The summed E-state index contributed by atoms with van der Waals surface area (Å²) in [5.74, 6) is -1.60. The normalized spacial score (nSPS) is 18.4. The smallest absolute Gasteiger partial charge is 0.240 e. The zero-order chi connectivity index (χ0) is 16.3. The van der Waals surface area contributed by atoms with E-state index < -0.39 is 11.6 Å². The number of halogens is 3. The first-order chi connectivity index (χ1) is 10.5. The molecule has 0 radical (unpaired) electrons. The molecule has 1 aromatic rings. The van der Waals surface area contributed by atoms with E-state index >= 15 is 0 Å². The molecular weight excluding hydrogens is 407 g/mol. The van der Waals surface area contributed by atoms with Gasteiger partial charge < -0.3 is 14.4 Å². The van der Waals surface area contributed by atoms with Crippen LogP contribution in [-0.2, 0) is 9.53 Å². The van der Waals surface area contributed by atoms with Gasteiger partial charge in [0.2, 0.25) is 5.91 Å². The SMILES string of the molecule is COCCOc1cc(F)c(C2=CCC(I)C(=O)N2C)c(F)c1. The average Bonchev–Trinajstić information content (AvgIpc) is 2.47. The lowest BCUT2D eigenvalue weighted by atomic mass is 10.0. The third-order valence-electron chi connectivity index (χ3n) is 3.31. The van der Waals surface area contributed by atoms with Gasteiger partial charge in [0.05, 0.1) is 21.8 Å². The molecule has 0 N–H and O–H groups in total. The second-order valence-electron chi connectivity index (χ2n) is 4.79. The second kappa shape index (κ2) is 7.36. The number of alkyl halides is 1. The summed E-state index contributed by atoms with van der Waals surface area (Å²) >= 11 is 2.01. The molecule has 0 spiro atoms. The van der Waals surface area contributed by atoms with E-state index in [1.165, 1.54) is 19.1 Å². The molecule has 0 aromatic heterocycles. The molecule has 1 aliphatic rings.